The van der Waals surface area contributed by atoms with Gasteiger partial charge in [0.25, 0.3) is 0 Å². The summed E-state index contributed by atoms with van der Waals surface area (Å²) in [5.41, 5.74) is 0. The zero-order valence-corrected chi connectivity index (χ0v) is 8.41. The molecule has 70 valence electrons. The highest BCUT2D eigenvalue weighted by Gasteiger charge is 1.96. The van der Waals surface area contributed by atoms with Crippen LogP contribution in [0.1, 0.15) is 12.8 Å². The smallest absolute Gasteiger partial charge is 0.449 e. The highest BCUT2D eigenvalue weighted by molar-refractivity contribution is 6.27. The van der Waals surface area contributed by atoms with Crippen molar-refractivity contribution < 1.29 is 19.1 Å². The van der Waals surface area contributed by atoms with Crippen LogP contribution in [0.15, 0.2) is 12.8 Å². The van der Waals surface area contributed by atoms with E-state index in [9.17, 15) is 4.79 Å². The molecule has 0 radical (unpaired) electrons. The van der Waals surface area contributed by atoms with Gasteiger partial charge in [-0.2, -0.15) is 0 Å². The van der Waals surface area contributed by atoms with Crippen molar-refractivity contribution in [2.24, 2.45) is 0 Å². The van der Waals surface area contributed by atoms with Gasteiger partial charge in [-0.15, -0.1) is 0 Å². The second kappa shape index (κ2) is 8.29. The predicted molar refractivity (Wildman–Crippen MR) is 47.8 cm³/mol. The largest absolute Gasteiger partial charge is 0.510 e. The number of hydrogen-bond acceptors (Lipinski definition) is 3. The van der Waals surface area contributed by atoms with E-state index in [-0.39, 0.29) is 9.76 Å². The van der Waals surface area contributed by atoms with Crippen molar-refractivity contribution in [1.29, 1.82) is 0 Å². The van der Waals surface area contributed by atoms with E-state index in [2.05, 4.69) is 11.3 Å². The Balaban J connectivity index is 0.000000202. The van der Waals surface area contributed by atoms with E-state index in [1.165, 1.54) is 18.9 Å². The first-order valence-corrected chi connectivity index (χ1v) is 5.43. The van der Waals surface area contributed by atoms with Crippen LogP contribution < -0.4 is 0 Å². The molecule has 0 saturated carbocycles. The van der Waals surface area contributed by atoms with Gasteiger partial charge in [-0.3, -0.25) is 0 Å². The lowest BCUT2D eigenvalue weighted by molar-refractivity contribution is 0.128. The first-order chi connectivity index (χ1) is 5.77. The Bertz CT molecular complexity index is 122. The normalized spacial score (nSPS) is 17.3. The van der Waals surface area contributed by atoms with Crippen LogP contribution in [0.5, 0.6) is 0 Å². The Kier molecular flexibility index (Phi) is 7.72. The highest BCUT2D eigenvalue weighted by atomic mass is 28.2. The van der Waals surface area contributed by atoms with Crippen molar-refractivity contribution in [2.75, 3.05) is 6.61 Å². The van der Waals surface area contributed by atoms with Gasteiger partial charge in [0, 0.05) is 6.61 Å². The molecule has 12 heavy (non-hydrogen) atoms. The monoisotopic (exact) mass is 190 g/mol. The zero-order chi connectivity index (χ0) is 9.23. The maximum Gasteiger partial charge on any atom is 0.510 e. The molecule has 1 fully saturated rings. The summed E-state index contributed by atoms with van der Waals surface area (Å²) in [5.74, 6) is 0. The van der Waals surface area contributed by atoms with E-state index in [0.29, 0.717) is 0 Å². The lowest BCUT2D eigenvalue weighted by Crippen LogP contribution is -2.06. The maximum absolute atomic E-state index is 9.31. The highest BCUT2D eigenvalue weighted by Crippen LogP contribution is 2.01. The minimum atomic E-state index is -1.33. The van der Waals surface area contributed by atoms with E-state index in [1.54, 1.807) is 0 Å². The van der Waals surface area contributed by atoms with Crippen LogP contribution in [-0.2, 0) is 9.16 Å². The zero-order valence-electron chi connectivity index (χ0n) is 6.99. The van der Waals surface area contributed by atoms with E-state index < -0.39 is 6.16 Å². The summed E-state index contributed by atoms with van der Waals surface area (Å²) >= 11 is 0. The molecule has 1 N–H and O–H groups in total. The molecule has 0 aromatic heterocycles. The maximum atomic E-state index is 9.31. The standard InChI is InChI=1S/C4H10OSi.C3H4O3/c1-2-4-6-5-3-1;1-2-6-3(4)5/h1-4,6H2;2H,1H2,(H,4,5). The van der Waals surface area contributed by atoms with Gasteiger partial charge in [-0.25, -0.2) is 4.79 Å². The first kappa shape index (κ1) is 11.2. The number of carbonyl (C=O) groups is 1. The molecule has 1 saturated heterocycles. The molecule has 1 heterocycles. The van der Waals surface area contributed by atoms with Crippen molar-refractivity contribution >= 4 is 15.9 Å². The summed E-state index contributed by atoms with van der Waals surface area (Å²) in [4.78, 5) is 9.31. The fraction of sp³-hybridized carbons (Fsp3) is 0.571. The molecule has 5 heteroatoms. The Labute approximate surface area is 74.1 Å². The molecule has 1 aliphatic heterocycles. The van der Waals surface area contributed by atoms with Gasteiger partial charge >= 0.3 is 6.16 Å². The van der Waals surface area contributed by atoms with E-state index in [0.717, 1.165) is 12.9 Å². The van der Waals surface area contributed by atoms with Crippen LogP contribution in [0.25, 0.3) is 0 Å². The lowest BCUT2D eigenvalue weighted by atomic mass is 10.4. The quantitative estimate of drug-likeness (QED) is 0.382. The molecular formula is C7H14O4Si. The third-order valence-electron chi connectivity index (χ3n) is 1.26. The molecule has 0 aliphatic carbocycles. The minimum absolute atomic E-state index is 0.00849. The summed E-state index contributed by atoms with van der Waals surface area (Å²) in [6, 6.07) is 1.42. The van der Waals surface area contributed by atoms with Crippen molar-refractivity contribution in [3.8, 4) is 0 Å². The minimum Gasteiger partial charge on any atom is -0.449 e. The van der Waals surface area contributed by atoms with Gasteiger partial charge < -0.3 is 14.3 Å². The Morgan fingerprint density at radius 1 is 1.67 bits per heavy atom. The lowest BCUT2D eigenvalue weighted by Gasteiger charge is -2.07. The van der Waals surface area contributed by atoms with Gasteiger partial charge in [0.2, 0.25) is 0 Å². The molecule has 4 nitrogen and oxygen atoms in total. The average Bonchev–Trinajstić information content (AvgIpc) is 2.08. The SMILES string of the molecule is C1CC[SiH2]OC1.C=COC(=O)O. The summed E-state index contributed by atoms with van der Waals surface area (Å²) in [7, 11) is 0.00849. The summed E-state index contributed by atoms with van der Waals surface area (Å²) in [6.45, 7) is 4.06. The second-order valence-electron chi connectivity index (χ2n) is 2.22. The summed E-state index contributed by atoms with van der Waals surface area (Å²) in [5, 5.41) is 7.62. The van der Waals surface area contributed by atoms with E-state index >= 15 is 0 Å². The summed E-state index contributed by atoms with van der Waals surface area (Å²) < 4.78 is 8.93. The van der Waals surface area contributed by atoms with Crippen molar-refractivity contribution in [3.05, 3.63) is 12.8 Å². The molecule has 1 aliphatic rings. The topological polar surface area (TPSA) is 55.8 Å². The van der Waals surface area contributed by atoms with Crippen molar-refractivity contribution in [3.63, 3.8) is 0 Å². The second-order valence-corrected chi connectivity index (χ2v) is 3.75. The van der Waals surface area contributed by atoms with Gasteiger partial charge in [0.1, 0.15) is 0 Å². The van der Waals surface area contributed by atoms with Crippen LogP contribution in [-0.4, -0.2) is 27.6 Å². The molecule has 0 atom stereocenters. The van der Waals surface area contributed by atoms with E-state index in [1.807, 2.05) is 0 Å². The molecule has 0 aromatic rings. The fourth-order valence-corrected chi connectivity index (χ4v) is 1.93. The third-order valence-corrected chi connectivity index (χ3v) is 2.63. The Morgan fingerprint density at radius 3 is 2.50 bits per heavy atom. The van der Waals surface area contributed by atoms with Crippen molar-refractivity contribution in [2.45, 2.75) is 18.9 Å². The number of hydrogen-bond donors (Lipinski definition) is 1. The predicted octanol–water partition coefficient (Wildman–Crippen LogP) is 1.12. The third kappa shape index (κ3) is 9.19. The van der Waals surface area contributed by atoms with E-state index in [4.69, 9.17) is 9.53 Å². The Hall–Kier alpha value is -0.813. The average molecular weight is 190 g/mol. The van der Waals surface area contributed by atoms with Gasteiger partial charge in [-0.1, -0.05) is 13.0 Å². The molecule has 0 amide bonds. The molecule has 0 bridgehead atoms. The van der Waals surface area contributed by atoms with Crippen molar-refractivity contribution in [1.82, 2.24) is 0 Å². The van der Waals surface area contributed by atoms with Gasteiger partial charge in [-0.05, 0) is 12.5 Å². The number of rotatable bonds is 1. The van der Waals surface area contributed by atoms with Crippen LogP contribution in [0.4, 0.5) is 4.79 Å². The van der Waals surface area contributed by atoms with Crippen LogP contribution in [0, 0.1) is 0 Å². The molecule has 0 aromatic carbocycles. The van der Waals surface area contributed by atoms with Crippen LogP contribution >= 0.6 is 0 Å². The first-order valence-electron chi connectivity index (χ1n) is 3.85. The molecular weight excluding hydrogens is 176 g/mol. The molecule has 1 rings (SSSR count). The van der Waals surface area contributed by atoms with Gasteiger partial charge in [0.15, 0.2) is 9.76 Å². The number of ether oxygens (including phenoxy) is 1. The summed E-state index contributed by atoms with van der Waals surface area (Å²) in [6.07, 6.45) is 2.27. The molecule has 0 unspecified atom stereocenters. The van der Waals surface area contributed by atoms with Crippen LogP contribution in [0.3, 0.4) is 0 Å². The molecule has 0 spiro atoms. The van der Waals surface area contributed by atoms with Gasteiger partial charge in [0.05, 0.1) is 6.26 Å². The number of carboxylic acid groups (broad SMARTS) is 1. The Morgan fingerprint density at radius 2 is 2.42 bits per heavy atom. The van der Waals surface area contributed by atoms with Crippen LogP contribution in [0.2, 0.25) is 6.04 Å². The fourth-order valence-electron chi connectivity index (χ4n) is 0.758.